The molecule has 0 saturated heterocycles. The molecule has 7 rings (SSSR count). The summed E-state index contributed by atoms with van der Waals surface area (Å²) in [7, 11) is 0. The molecular formula is C33H26. The molecule has 0 aromatic heterocycles. The number of rotatable bonds is 2. The molecule has 0 aliphatic rings. The highest BCUT2D eigenvalue weighted by Crippen LogP contribution is 2.40. The van der Waals surface area contributed by atoms with Crippen molar-refractivity contribution in [1.29, 1.82) is 0 Å². The van der Waals surface area contributed by atoms with E-state index in [1.54, 1.807) is 0 Å². The maximum absolute atomic E-state index is 2.25. The lowest BCUT2D eigenvalue weighted by molar-refractivity contribution is 0.930. The van der Waals surface area contributed by atoms with Crippen LogP contribution in [0.1, 0.15) is 18.9 Å². The summed E-state index contributed by atoms with van der Waals surface area (Å²) in [4.78, 5) is 0. The molecule has 0 amide bonds. The van der Waals surface area contributed by atoms with Gasteiger partial charge in [0.15, 0.2) is 0 Å². The van der Waals surface area contributed by atoms with Crippen molar-refractivity contribution in [3.63, 3.8) is 0 Å². The van der Waals surface area contributed by atoms with Crippen LogP contribution in [0.2, 0.25) is 0 Å². The molecule has 0 N–H and O–H groups in total. The SMILES string of the molecule is CCCc1cccc2ccccc12.c1ccc2c(c1)c1cccc3ccc4cccc2c4c31. The van der Waals surface area contributed by atoms with Crippen molar-refractivity contribution >= 4 is 53.9 Å². The molecule has 0 spiro atoms. The van der Waals surface area contributed by atoms with Gasteiger partial charge in [0.1, 0.15) is 0 Å². The lowest BCUT2D eigenvalue weighted by Gasteiger charge is -2.14. The maximum Gasteiger partial charge on any atom is -0.00203 e. The summed E-state index contributed by atoms with van der Waals surface area (Å²) in [5.41, 5.74) is 1.47. The van der Waals surface area contributed by atoms with Crippen LogP contribution in [0.25, 0.3) is 53.9 Å². The molecule has 0 heteroatoms. The van der Waals surface area contributed by atoms with Gasteiger partial charge in [0.05, 0.1) is 0 Å². The summed E-state index contributed by atoms with van der Waals surface area (Å²) in [6, 6.07) is 41.6. The topological polar surface area (TPSA) is 0 Å². The fraction of sp³-hybridized carbons (Fsp3) is 0.0909. The van der Waals surface area contributed by atoms with Gasteiger partial charge >= 0.3 is 0 Å². The van der Waals surface area contributed by atoms with Gasteiger partial charge in [0.2, 0.25) is 0 Å². The molecule has 0 heterocycles. The minimum absolute atomic E-state index is 1.18. The third kappa shape index (κ3) is 3.31. The number of benzene rings is 7. The second-order valence-electron chi connectivity index (χ2n) is 8.81. The van der Waals surface area contributed by atoms with E-state index in [1.165, 1.54) is 72.3 Å². The lowest BCUT2D eigenvalue weighted by atomic mass is 9.89. The fourth-order valence-corrected chi connectivity index (χ4v) is 5.34. The normalized spacial score (nSPS) is 11.4. The van der Waals surface area contributed by atoms with Gasteiger partial charge in [-0.3, -0.25) is 0 Å². The van der Waals surface area contributed by atoms with E-state index in [0.717, 1.165) is 0 Å². The van der Waals surface area contributed by atoms with Crippen molar-refractivity contribution in [2.24, 2.45) is 0 Å². The highest BCUT2D eigenvalue weighted by atomic mass is 14.1. The lowest BCUT2D eigenvalue weighted by Crippen LogP contribution is -1.86. The Labute approximate surface area is 194 Å². The molecule has 7 aromatic rings. The molecule has 7 aromatic carbocycles. The maximum atomic E-state index is 2.25. The van der Waals surface area contributed by atoms with Gasteiger partial charge in [-0.25, -0.2) is 0 Å². The monoisotopic (exact) mass is 422 g/mol. The fourth-order valence-electron chi connectivity index (χ4n) is 5.34. The van der Waals surface area contributed by atoms with Gasteiger partial charge in [-0.2, -0.15) is 0 Å². The first kappa shape index (κ1) is 19.8. The summed E-state index contributed by atoms with van der Waals surface area (Å²) in [5, 5.41) is 13.7. The van der Waals surface area contributed by atoms with Crippen LogP contribution in [0.3, 0.4) is 0 Å². The zero-order chi connectivity index (χ0) is 22.2. The van der Waals surface area contributed by atoms with Crippen LogP contribution in [0.4, 0.5) is 0 Å². The average Bonchev–Trinajstić information content (AvgIpc) is 2.89. The molecule has 0 saturated carbocycles. The predicted molar refractivity (Wildman–Crippen MR) is 146 cm³/mol. The molecule has 33 heavy (non-hydrogen) atoms. The summed E-state index contributed by atoms with van der Waals surface area (Å²) < 4.78 is 0. The minimum Gasteiger partial charge on any atom is -0.0651 e. The van der Waals surface area contributed by atoms with E-state index in [0.29, 0.717) is 0 Å². The van der Waals surface area contributed by atoms with Crippen LogP contribution in [0.15, 0.2) is 115 Å². The minimum atomic E-state index is 1.18. The Kier molecular flexibility index (Phi) is 4.92. The highest BCUT2D eigenvalue weighted by molar-refractivity contribution is 6.33. The Bertz CT molecular complexity index is 1630. The quantitative estimate of drug-likeness (QED) is 0.192. The van der Waals surface area contributed by atoms with Crippen molar-refractivity contribution in [1.82, 2.24) is 0 Å². The number of hydrogen-bond acceptors (Lipinski definition) is 0. The third-order valence-corrected chi connectivity index (χ3v) is 6.79. The van der Waals surface area contributed by atoms with Crippen molar-refractivity contribution in [2.75, 3.05) is 0 Å². The van der Waals surface area contributed by atoms with E-state index in [4.69, 9.17) is 0 Å². The summed E-state index contributed by atoms with van der Waals surface area (Å²) in [5.74, 6) is 0. The molecule has 0 aliphatic heterocycles. The Morgan fingerprint density at radius 2 is 0.848 bits per heavy atom. The van der Waals surface area contributed by atoms with Crippen LogP contribution in [0, 0.1) is 0 Å². The second-order valence-corrected chi connectivity index (χ2v) is 8.81. The molecule has 0 fully saturated rings. The molecule has 0 atom stereocenters. The first-order chi connectivity index (χ1) is 16.3. The summed E-state index contributed by atoms with van der Waals surface area (Å²) >= 11 is 0. The van der Waals surface area contributed by atoms with Gasteiger partial charge in [-0.15, -0.1) is 0 Å². The number of hydrogen-bond donors (Lipinski definition) is 0. The summed E-state index contributed by atoms with van der Waals surface area (Å²) in [6.07, 6.45) is 2.40. The first-order valence-electron chi connectivity index (χ1n) is 11.9. The number of aryl methyl sites for hydroxylation is 1. The van der Waals surface area contributed by atoms with E-state index >= 15 is 0 Å². The van der Waals surface area contributed by atoms with Crippen molar-refractivity contribution in [2.45, 2.75) is 19.8 Å². The Morgan fingerprint density at radius 3 is 1.45 bits per heavy atom. The Balaban J connectivity index is 0.000000138. The smallest absolute Gasteiger partial charge is 0.00203 e. The third-order valence-electron chi connectivity index (χ3n) is 6.79. The van der Waals surface area contributed by atoms with Gasteiger partial charge < -0.3 is 0 Å². The van der Waals surface area contributed by atoms with Crippen LogP contribution in [-0.2, 0) is 6.42 Å². The molecule has 158 valence electrons. The van der Waals surface area contributed by atoms with Crippen LogP contribution in [-0.4, -0.2) is 0 Å². The Hall–Kier alpha value is -3.90. The van der Waals surface area contributed by atoms with Gasteiger partial charge in [0, 0.05) is 0 Å². The van der Waals surface area contributed by atoms with Gasteiger partial charge in [-0.1, -0.05) is 129 Å². The van der Waals surface area contributed by atoms with Crippen LogP contribution < -0.4 is 0 Å². The second kappa shape index (κ2) is 8.22. The number of fused-ring (bicyclic) bond motifs is 4. The highest BCUT2D eigenvalue weighted by Gasteiger charge is 2.11. The molecule has 0 bridgehead atoms. The first-order valence-corrected chi connectivity index (χ1v) is 11.9. The molecular weight excluding hydrogens is 396 g/mol. The van der Waals surface area contributed by atoms with Crippen molar-refractivity contribution in [3.05, 3.63) is 121 Å². The van der Waals surface area contributed by atoms with E-state index < -0.39 is 0 Å². The van der Waals surface area contributed by atoms with Gasteiger partial charge in [0.25, 0.3) is 0 Å². The molecule has 0 nitrogen and oxygen atoms in total. The molecule has 0 aliphatic carbocycles. The van der Waals surface area contributed by atoms with E-state index in [1.807, 2.05) is 0 Å². The molecule has 0 radical (unpaired) electrons. The zero-order valence-corrected chi connectivity index (χ0v) is 18.9. The van der Waals surface area contributed by atoms with Crippen LogP contribution >= 0.6 is 0 Å². The van der Waals surface area contributed by atoms with E-state index in [9.17, 15) is 0 Å². The average molecular weight is 423 g/mol. The van der Waals surface area contributed by atoms with Gasteiger partial charge in [-0.05, 0) is 65.8 Å². The van der Waals surface area contributed by atoms with Crippen molar-refractivity contribution < 1.29 is 0 Å². The summed E-state index contributed by atoms with van der Waals surface area (Å²) in [6.45, 7) is 2.22. The Morgan fingerprint density at radius 1 is 0.394 bits per heavy atom. The molecule has 0 unspecified atom stereocenters. The van der Waals surface area contributed by atoms with E-state index in [2.05, 4.69) is 122 Å². The largest absolute Gasteiger partial charge is 0.0651 e. The van der Waals surface area contributed by atoms with E-state index in [-0.39, 0.29) is 0 Å². The predicted octanol–water partition coefficient (Wildman–Crippen LogP) is 9.53. The van der Waals surface area contributed by atoms with Crippen LogP contribution in [0.5, 0.6) is 0 Å². The van der Waals surface area contributed by atoms with Crippen molar-refractivity contribution in [3.8, 4) is 0 Å². The standard InChI is InChI=1S/C20H12.C13H14/c1-2-8-16-15(7-1)17-9-3-5-13-11-12-14-6-4-10-18(16)20(14)19(13)17;1-2-6-11-8-5-9-12-7-3-4-10-13(11)12/h1-12H;3-5,7-10H,2,6H2,1H3. The zero-order valence-electron chi connectivity index (χ0n) is 18.9.